The molecule has 172 valence electrons. The number of ether oxygens (including phenoxy) is 2. The molecule has 3 rings (SSSR count). The molecule has 6 nitrogen and oxygen atoms in total. The first-order chi connectivity index (χ1) is 16.4. The number of rotatable bonds is 8. The molecule has 0 spiro atoms. The van der Waals surface area contributed by atoms with Gasteiger partial charge >= 0.3 is 5.97 Å². The van der Waals surface area contributed by atoms with Gasteiger partial charge in [-0.2, -0.15) is 5.26 Å². The molecule has 0 aliphatic carbocycles. The van der Waals surface area contributed by atoms with Crippen LogP contribution in [0, 0.1) is 11.3 Å². The summed E-state index contributed by atoms with van der Waals surface area (Å²) in [4.78, 5) is 24.4. The Morgan fingerprint density at radius 1 is 1.06 bits per heavy atom. The molecule has 3 aromatic rings. The molecule has 0 atom stereocenters. The summed E-state index contributed by atoms with van der Waals surface area (Å²) in [5.41, 5.74) is 3.55. The van der Waals surface area contributed by atoms with Crippen LogP contribution < -0.4 is 10.1 Å². The Morgan fingerprint density at radius 3 is 2.44 bits per heavy atom. The van der Waals surface area contributed by atoms with Gasteiger partial charge in [-0.25, -0.2) is 4.79 Å². The van der Waals surface area contributed by atoms with Gasteiger partial charge < -0.3 is 14.8 Å². The van der Waals surface area contributed by atoms with E-state index in [0.717, 1.165) is 15.6 Å². The molecule has 7 heteroatoms. The van der Waals surface area contributed by atoms with Gasteiger partial charge in [-0.15, -0.1) is 0 Å². The number of anilines is 1. The minimum atomic E-state index is -0.553. The Labute approximate surface area is 207 Å². The zero-order chi connectivity index (χ0) is 24.5. The van der Waals surface area contributed by atoms with E-state index in [4.69, 9.17) is 9.47 Å². The van der Waals surface area contributed by atoms with Gasteiger partial charge in [0.1, 0.15) is 17.4 Å². The van der Waals surface area contributed by atoms with Crippen molar-refractivity contribution in [1.82, 2.24) is 0 Å². The summed E-state index contributed by atoms with van der Waals surface area (Å²) in [6.07, 6.45) is 2.18. The summed E-state index contributed by atoms with van der Waals surface area (Å²) < 4.78 is 11.5. The number of nitrogens with one attached hydrogen (secondary N) is 1. The lowest BCUT2D eigenvalue weighted by atomic mass is 10.0. The van der Waals surface area contributed by atoms with Gasteiger partial charge in [0, 0.05) is 16.6 Å². The number of halogens is 1. The number of amides is 1. The van der Waals surface area contributed by atoms with Crippen LogP contribution in [0.25, 0.3) is 6.08 Å². The van der Waals surface area contributed by atoms with Gasteiger partial charge in [0.15, 0.2) is 0 Å². The summed E-state index contributed by atoms with van der Waals surface area (Å²) in [6, 6.07) is 21.7. The molecule has 0 fully saturated rings. The molecule has 0 bridgehead atoms. The van der Waals surface area contributed by atoms with Crippen molar-refractivity contribution in [2.75, 3.05) is 19.0 Å². The molecular weight excluding hydrogens is 496 g/mol. The first-order valence-corrected chi connectivity index (χ1v) is 11.3. The van der Waals surface area contributed by atoms with Crippen molar-refractivity contribution in [2.45, 2.75) is 13.3 Å². The van der Waals surface area contributed by atoms with E-state index >= 15 is 0 Å². The predicted octanol–water partition coefficient (Wildman–Crippen LogP) is 5.77. The molecule has 1 amide bonds. The average Bonchev–Trinajstić information content (AvgIpc) is 2.85. The Hall–Kier alpha value is -3.89. The minimum absolute atomic E-state index is 0.0601. The van der Waals surface area contributed by atoms with Gasteiger partial charge in [-0.1, -0.05) is 46.3 Å². The van der Waals surface area contributed by atoms with Gasteiger partial charge in [0.25, 0.3) is 5.91 Å². The lowest BCUT2D eigenvalue weighted by Gasteiger charge is -2.11. The highest BCUT2D eigenvalue weighted by Crippen LogP contribution is 2.27. The summed E-state index contributed by atoms with van der Waals surface area (Å²) in [7, 11) is 1.59. The molecule has 0 saturated heterocycles. The molecular formula is C27H23BrN2O4. The second kappa shape index (κ2) is 11.8. The number of esters is 1. The normalized spacial score (nSPS) is 10.8. The highest BCUT2D eigenvalue weighted by atomic mass is 79.9. The van der Waals surface area contributed by atoms with Crippen molar-refractivity contribution < 1.29 is 19.1 Å². The van der Waals surface area contributed by atoms with Crippen LogP contribution in [-0.2, 0) is 16.0 Å². The van der Waals surface area contributed by atoms with Crippen LogP contribution in [0.1, 0.15) is 34.0 Å². The van der Waals surface area contributed by atoms with E-state index in [-0.39, 0.29) is 12.2 Å². The third-order valence-electron chi connectivity index (χ3n) is 4.98. The number of methoxy groups -OCH3 is 1. The van der Waals surface area contributed by atoms with Crippen LogP contribution >= 0.6 is 15.9 Å². The van der Waals surface area contributed by atoms with E-state index in [2.05, 4.69) is 21.2 Å². The second-order valence-electron chi connectivity index (χ2n) is 7.26. The van der Waals surface area contributed by atoms with E-state index in [0.29, 0.717) is 29.0 Å². The van der Waals surface area contributed by atoms with E-state index in [1.165, 1.54) is 6.08 Å². The van der Waals surface area contributed by atoms with Crippen molar-refractivity contribution in [1.29, 1.82) is 5.26 Å². The number of hydrogen-bond acceptors (Lipinski definition) is 5. The topological polar surface area (TPSA) is 88.4 Å². The molecule has 0 saturated carbocycles. The average molecular weight is 519 g/mol. The molecule has 0 aliphatic rings. The maximum Gasteiger partial charge on any atom is 0.338 e. The van der Waals surface area contributed by atoms with E-state index in [1.54, 1.807) is 44.4 Å². The fourth-order valence-electron chi connectivity index (χ4n) is 3.26. The maximum atomic E-state index is 12.6. The summed E-state index contributed by atoms with van der Waals surface area (Å²) in [5.74, 6) is -0.325. The number of carbonyl (C=O) groups is 2. The van der Waals surface area contributed by atoms with E-state index in [9.17, 15) is 14.9 Å². The van der Waals surface area contributed by atoms with Crippen molar-refractivity contribution in [3.63, 3.8) is 0 Å². The highest BCUT2D eigenvalue weighted by Gasteiger charge is 2.13. The number of nitriles is 1. The molecule has 0 unspecified atom stereocenters. The fourth-order valence-corrected chi connectivity index (χ4v) is 3.69. The van der Waals surface area contributed by atoms with E-state index in [1.807, 2.05) is 42.5 Å². The number of benzene rings is 3. The Balaban J connectivity index is 1.76. The molecule has 0 radical (unpaired) electrons. The Kier molecular flexibility index (Phi) is 8.60. The van der Waals surface area contributed by atoms with Crippen molar-refractivity contribution >= 4 is 39.6 Å². The zero-order valence-electron chi connectivity index (χ0n) is 18.8. The van der Waals surface area contributed by atoms with Crippen molar-refractivity contribution in [2.24, 2.45) is 0 Å². The van der Waals surface area contributed by atoms with Crippen molar-refractivity contribution in [3.05, 3.63) is 99.0 Å². The summed E-state index contributed by atoms with van der Waals surface area (Å²) in [6.45, 7) is 2.01. The zero-order valence-corrected chi connectivity index (χ0v) is 20.4. The van der Waals surface area contributed by atoms with Crippen LogP contribution in [0.4, 0.5) is 5.69 Å². The molecule has 3 aromatic carbocycles. The molecule has 0 heterocycles. The van der Waals surface area contributed by atoms with Crippen LogP contribution in [0.15, 0.2) is 76.8 Å². The minimum Gasteiger partial charge on any atom is -0.496 e. The second-order valence-corrected chi connectivity index (χ2v) is 8.12. The largest absolute Gasteiger partial charge is 0.496 e. The molecule has 0 aliphatic heterocycles. The first kappa shape index (κ1) is 24.7. The van der Waals surface area contributed by atoms with Crippen LogP contribution in [0.2, 0.25) is 0 Å². The quantitative estimate of drug-likeness (QED) is 0.232. The van der Waals surface area contributed by atoms with Gasteiger partial charge in [0.2, 0.25) is 0 Å². The lowest BCUT2D eigenvalue weighted by Crippen LogP contribution is -2.13. The maximum absolute atomic E-state index is 12.6. The summed E-state index contributed by atoms with van der Waals surface area (Å²) in [5, 5.41) is 12.2. The molecule has 34 heavy (non-hydrogen) atoms. The van der Waals surface area contributed by atoms with E-state index < -0.39 is 11.9 Å². The predicted molar refractivity (Wildman–Crippen MR) is 135 cm³/mol. The number of nitrogens with zero attached hydrogens (tertiary/aromatic N) is 1. The Morgan fingerprint density at radius 2 is 1.79 bits per heavy atom. The van der Waals surface area contributed by atoms with Gasteiger partial charge in [-0.3, -0.25) is 4.79 Å². The number of hydrogen-bond donors (Lipinski definition) is 1. The third-order valence-corrected chi connectivity index (χ3v) is 5.75. The molecule has 0 aromatic heterocycles. The smallest absolute Gasteiger partial charge is 0.338 e. The van der Waals surface area contributed by atoms with Gasteiger partial charge in [-0.05, 0) is 66.1 Å². The first-order valence-electron chi connectivity index (χ1n) is 10.6. The SMILES string of the molecule is CCOC(=O)c1ccc(NC(=O)/C(C#N)=C/c2ccc(Cc3ccccc3Br)c(OC)c2)cc1. The van der Waals surface area contributed by atoms with Gasteiger partial charge in [0.05, 0.1) is 19.3 Å². The monoisotopic (exact) mass is 518 g/mol. The number of carbonyl (C=O) groups excluding carboxylic acids is 2. The van der Waals surface area contributed by atoms with Crippen molar-refractivity contribution in [3.8, 4) is 11.8 Å². The lowest BCUT2D eigenvalue weighted by molar-refractivity contribution is -0.112. The summed E-state index contributed by atoms with van der Waals surface area (Å²) >= 11 is 3.56. The fraction of sp³-hybridized carbons (Fsp3) is 0.148. The third kappa shape index (κ3) is 6.33. The van der Waals surface area contributed by atoms with Crippen LogP contribution in [-0.4, -0.2) is 25.6 Å². The van der Waals surface area contributed by atoms with Crippen LogP contribution in [0.5, 0.6) is 5.75 Å². The molecule has 1 N–H and O–H groups in total. The van der Waals surface area contributed by atoms with Crippen LogP contribution in [0.3, 0.4) is 0 Å². The standard InChI is InChI=1S/C27H23BrN2O4/c1-3-34-27(32)19-10-12-23(13-11-19)30-26(31)22(17-29)14-18-8-9-21(25(15-18)33-2)16-20-6-4-5-7-24(20)28/h4-15H,3,16H2,1-2H3,(H,30,31)/b22-14+. The Bertz CT molecular complexity index is 1260. The highest BCUT2D eigenvalue weighted by molar-refractivity contribution is 9.10.